The third-order valence-electron chi connectivity index (χ3n) is 1.88. The van der Waals surface area contributed by atoms with Crippen molar-refractivity contribution in [2.75, 3.05) is 5.73 Å². The molecule has 0 saturated heterocycles. The second-order valence-corrected chi connectivity index (χ2v) is 2.85. The molecule has 13 heavy (non-hydrogen) atoms. The molecule has 66 valence electrons. The van der Waals surface area contributed by atoms with Crippen LogP contribution in [0, 0.1) is 6.92 Å². The molecule has 2 aromatic heterocycles. The Hall–Kier alpha value is -1.84. The molecular weight excluding hydrogens is 164 g/mol. The number of nitrogens with zero attached hydrogens (tertiary/aromatic N) is 2. The highest BCUT2D eigenvalue weighted by atomic mass is 14.9. The first-order chi connectivity index (χ1) is 6.27. The molecule has 0 saturated carbocycles. The standard InChI is InChI=1S/C9H10N4/c1-6-9(13-5-12-6)7-2-3-11-8(10)4-7/h2-5H,1H3,(H2,10,11)(H,12,13). The van der Waals surface area contributed by atoms with Gasteiger partial charge in [0.05, 0.1) is 12.0 Å². The van der Waals surface area contributed by atoms with Gasteiger partial charge in [0.25, 0.3) is 0 Å². The first-order valence-corrected chi connectivity index (χ1v) is 3.99. The van der Waals surface area contributed by atoms with Crippen molar-refractivity contribution in [2.24, 2.45) is 0 Å². The lowest BCUT2D eigenvalue weighted by Crippen LogP contribution is -1.90. The van der Waals surface area contributed by atoms with Crippen molar-refractivity contribution in [1.29, 1.82) is 0 Å². The first-order valence-electron chi connectivity index (χ1n) is 3.99. The summed E-state index contributed by atoms with van der Waals surface area (Å²) in [7, 11) is 0. The number of H-pyrrole nitrogens is 1. The topological polar surface area (TPSA) is 67.6 Å². The molecule has 4 heteroatoms. The van der Waals surface area contributed by atoms with Gasteiger partial charge in [-0.2, -0.15) is 0 Å². The lowest BCUT2D eigenvalue weighted by atomic mass is 10.1. The van der Waals surface area contributed by atoms with Crippen molar-refractivity contribution in [3.8, 4) is 11.3 Å². The van der Waals surface area contributed by atoms with Gasteiger partial charge in [-0.3, -0.25) is 0 Å². The fourth-order valence-corrected chi connectivity index (χ4v) is 1.25. The van der Waals surface area contributed by atoms with Crippen LogP contribution in [0.4, 0.5) is 5.82 Å². The highest BCUT2D eigenvalue weighted by Gasteiger charge is 2.03. The van der Waals surface area contributed by atoms with E-state index < -0.39 is 0 Å². The average molecular weight is 174 g/mol. The molecule has 0 bridgehead atoms. The zero-order chi connectivity index (χ0) is 9.26. The molecule has 4 nitrogen and oxygen atoms in total. The minimum Gasteiger partial charge on any atom is -0.384 e. The number of rotatable bonds is 1. The lowest BCUT2D eigenvalue weighted by molar-refractivity contribution is 1.25. The van der Waals surface area contributed by atoms with E-state index in [4.69, 9.17) is 5.73 Å². The molecule has 0 radical (unpaired) electrons. The number of hydrogen-bond donors (Lipinski definition) is 2. The minimum atomic E-state index is 0.514. The van der Waals surface area contributed by atoms with E-state index in [1.165, 1.54) is 0 Å². The maximum absolute atomic E-state index is 5.57. The van der Waals surface area contributed by atoms with Crippen LogP contribution >= 0.6 is 0 Å². The van der Waals surface area contributed by atoms with Gasteiger partial charge in [0.15, 0.2) is 0 Å². The van der Waals surface area contributed by atoms with Crippen molar-refractivity contribution >= 4 is 5.82 Å². The minimum absolute atomic E-state index is 0.514. The number of aryl methyl sites for hydroxylation is 1. The summed E-state index contributed by atoms with van der Waals surface area (Å²) in [6, 6.07) is 3.70. The highest BCUT2D eigenvalue weighted by Crippen LogP contribution is 2.19. The molecule has 3 N–H and O–H groups in total. The summed E-state index contributed by atoms with van der Waals surface area (Å²) in [6.07, 6.45) is 3.35. The fourth-order valence-electron chi connectivity index (χ4n) is 1.25. The molecule has 0 spiro atoms. The number of aromatic nitrogens is 3. The SMILES string of the molecule is Cc1[nH]cnc1-c1ccnc(N)c1. The van der Waals surface area contributed by atoms with E-state index in [9.17, 15) is 0 Å². The summed E-state index contributed by atoms with van der Waals surface area (Å²) in [6.45, 7) is 1.97. The van der Waals surface area contributed by atoms with Crippen LogP contribution in [0.3, 0.4) is 0 Å². The number of imidazole rings is 1. The number of nitrogen functional groups attached to an aromatic ring is 1. The fraction of sp³-hybridized carbons (Fsp3) is 0.111. The molecule has 0 aliphatic heterocycles. The van der Waals surface area contributed by atoms with Gasteiger partial charge in [-0.05, 0) is 19.1 Å². The van der Waals surface area contributed by atoms with Crippen molar-refractivity contribution in [2.45, 2.75) is 6.92 Å². The summed E-state index contributed by atoms with van der Waals surface area (Å²) in [4.78, 5) is 11.1. The maximum atomic E-state index is 5.57. The Kier molecular flexibility index (Phi) is 1.73. The van der Waals surface area contributed by atoms with Crippen molar-refractivity contribution in [1.82, 2.24) is 15.0 Å². The van der Waals surface area contributed by atoms with Crippen molar-refractivity contribution in [3.63, 3.8) is 0 Å². The van der Waals surface area contributed by atoms with Gasteiger partial charge < -0.3 is 10.7 Å². The molecule has 0 atom stereocenters. The number of hydrogen-bond acceptors (Lipinski definition) is 3. The van der Waals surface area contributed by atoms with Gasteiger partial charge in [0.2, 0.25) is 0 Å². The maximum Gasteiger partial charge on any atom is 0.123 e. The van der Waals surface area contributed by atoms with Crippen LogP contribution in [-0.4, -0.2) is 15.0 Å². The Labute approximate surface area is 75.8 Å². The lowest BCUT2D eigenvalue weighted by Gasteiger charge is -1.98. The number of nitrogens with two attached hydrogens (primary N) is 1. The molecule has 0 amide bonds. The zero-order valence-corrected chi connectivity index (χ0v) is 7.28. The second kappa shape index (κ2) is 2.90. The van der Waals surface area contributed by atoms with E-state index >= 15 is 0 Å². The Balaban J connectivity index is 2.53. The Bertz CT molecular complexity index is 419. The van der Waals surface area contributed by atoms with Crippen molar-refractivity contribution in [3.05, 3.63) is 30.4 Å². The number of pyridine rings is 1. The van der Waals surface area contributed by atoms with Crippen LogP contribution in [0.2, 0.25) is 0 Å². The first kappa shape index (κ1) is 7.79. The second-order valence-electron chi connectivity index (χ2n) is 2.85. The third-order valence-corrected chi connectivity index (χ3v) is 1.88. The predicted octanol–water partition coefficient (Wildman–Crippen LogP) is 1.36. The smallest absolute Gasteiger partial charge is 0.123 e. The Morgan fingerprint density at radius 1 is 1.38 bits per heavy atom. The van der Waals surface area contributed by atoms with Gasteiger partial charge in [0, 0.05) is 17.5 Å². The molecule has 0 aromatic carbocycles. The van der Waals surface area contributed by atoms with Crippen LogP contribution in [0.1, 0.15) is 5.69 Å². The van der Waals surface area contributed by atoms with Crippen molar-refractivity contribution < 1.29 is 0 Å². The summed E-state index contributed by atoms with van der Waals surface area (Å²) < 4.78 is 0. The predicted molar refractivity (Wildman–Crippen MR) is 51.0 cm³/mol. The summed E-state index contributed by atoms with van der Waals surface area (Å²) in [5.74, 6) is 0.514. The summed E-state index contributed by atoms with van der Waals surface area (Å²) in [5.41, 5.74) is 8.52. The van der Waals surface area contributed by atoms with Crippen LogP contribution in [0.15, 0.2) is 24.7 Å². The van der Waals surface area contributed by atoms with E-state index in [0.29, 0.717) is 5.82 Å². The van der Waals surface area contributed by atoms with Gasteiger partial charge >= 0.3 is 0 Å². The Morgan fingerprint density at radius 2 is 2.23 bits per heavy atom. The quantitative estimate of drug-likeness (QED) is 0.686. The number of nitrogens with one attached hydrogen (secondary N) is 1. The van der Waals surface area contributed by atoms with E-state index in [2.05, 4.69) is 15.0 Å². The molecular formula is C9H10N4. The largest absolute Gasteiger partial charge is 0.384 e. The Morgan fingerprint density at radius 3 is 2.85 bits per heavy atom. The summed E-state index contributed by atoms with van der Waals surface area (Å²) in [5, 5.41) is 0. The van der Waals surface area contributed by atoms with E-state index in [1.54, 1.807) is 12.5 Å². The van der Waals surface area contributed by atoms with Gasteiger partial charge in [-0.1, -0.05) is 0 Å². The van der Waals surface area contributed by atoms with Gasteiger partial charge in [0.1, 0.15) is 5.82 Å². The highest BCUT2D eigenvalue weighted by molar-refractivity contribution is 5.63. The average Bonchev–Trinajstić information content (AvgIpc) is 2.51. The van der Waals surface area contributed by atoms with Gasteiger partial charge in [-0.25, -0.2) is 9.97 Å². The van der Waals surface area contributed by atoms with E-state index in [-0.39, 0.29) is 0 Å². The number of anilines is 1. The third kappa shape index (κ3) is 1.38. The number of aromatic amines is 1. The normalized spacial score (nSPS) is 10.2. The molecule has 0 fully saturated rings. The molecule has 2 rings (SSSR count). The van der Waals surface area contributed by atoms with Crippen LogP contribution in [0.25, 0.3) is 11.3 Å². The molecule has 0 aliphatic rings. The van der Waals surface area contributed by atoms with Crippen LogP contribution in [-0.2, 0) is 0 Å². The van der Waals surface area contributed by atoms with Crippen LogP contribution in [0.5, 0.6) is 0 Å². The molecule has 2 heterocycles. The van der Waals surface area contributed by atoms with E-state index in [1.807, 2.05) is 19.1 Å². The van der Waals surface area contributed by atoms with Crippen LogP contribution < -0.4 is 5.73 Å². The monoisotopic (exact) mass is 174 g/mol. The summed E-state index contributed by atoms with van der Waals surface area (Å²) >= 11 is 0. The zero-order valence-electron chi connectivity index (χ0n) is 7.28. The van der Waals surface area contributed by atoms with E-state index in [0.717, 1.165) is 17.0 Å². The molecule has 0 unspecified atom stereocenters. The molecule has 2 aromatic rings. The molecule has 0 aliphatic carbocycles. The van der Waals surface area contributed by atoms with Gasteiger partial charge in [-0.15, -0.1) is 0 Å².